The largest absolute Gasteiger partial charge is 0.497 e. The second-order valence-electron chi connectivity index (χ2n) is 6.83. The van der Waals surface area contributed by atoms with Crippen molar-refractivity contribution < 1.29 is 9.53 Å². The van der Waals surface area contributed by atoms with E-state index in [1.807, 2.05) is 42.5 Å². The van der Waals surface area contributed by atoms with Crippen LogP contribution in [0.15, 0.2) is 54.6 Å². The van der Waals surface area contributed by atoms with Gasteiger partial charge in [-0.1, -0.05) is 42.5 Å². The smallest absolute Gasteiger partial charge is 0.140 e. The van der Waals surface area contributed by atoms with Gasteiger partial charge in [-0.05, 0) is 57.1 Å². The van der Waals surface area contributed by atoms with E-state index >= 15 is 0 Å². The fourth-order valence-corrected chi connectivity index (χ4v) is 2.92. The van der Waals surface area contributed by atoms with E-state index < -0.39 is 0 Å². The zero-order valence-electron chi connectivity index (χ0n) is 15.7. The lowest BCUT2D eigenvalue weighted by molar-refractivity contribution is -0.120. The molecule has 0 fully saturated rings. The maximum Gasteiger partial charge on any atom is 0.140 e. The van der Waals surface area contributed by atoms with Crippen molar-refractivity contribution in [3.05, 3.63) is 65.7 Å². The summed E-state index contributed by atoms with van der Waals surface area (Å²) in [7, 11) is 5.79. The monoisotopic (exact) mass is 339 g/mol. The van der Waals surface area contributed by atoms with Gasteiger partial charge in [0.2, 0.25) is 0 Å². The van der Waals surface area contributed by atoms with Crippen molar-refractivity contribution in [1.29, 1.82) is 0 Å². The molecule has 0 aromatic heterocycles. The van der Waals surface area contributed by atoms with E-state index in [2.05, 4.69) is 38.1 Å². The summed E-state index contributed by atoms with van der Waals surface area (Å²) >= 11 is 0. The number of benzene rings is 2. The zero-order valence-corrected chi connectivity index (χ0v) is 15.7. The topological polar surface area (TPSA) is 29.5 Å². The molecule has 0 aliphatic rings. The van der Waals surface area contributed by atoms with Crippen LogP contribution < -0.4 is 4.74 Å². The van der Waals surface area contributed by atoms with E-state index in [1.165, 1.54) is 5.56 Å². The first-order chi connectivity index (χ1) is 12.0. The molecule has 0 amide bonds. The molecule has 0 bridgehead atoms. The molecule has 25 heavy (non-hydrogen) atoms. The van der Waals surface area contributed by atoms with E-state index in [1.54, 1.807) is 7.11 Å². The number of hydrogen-bond donors (Lipinski definition) is 0. The number of Topliss-reactive ketones (excluding diaryl/α,β-unsaturated/α-hetero) is 1. The van der Waals surface area contributed by atoms with E-state index in [4.69, 9.17) is 4.74 Å². The number of ether oxygens (including phenoxy) is 1. The van der Waals surface area contributed by atoms with Gasteiger partial charge in [0.05, 0.1) is 7.11 Å². The summed E-state index contributed by atoms with van der Waals surface area (Å²) in [5, 5.41) is 0. The highest BCUT2D eigenvalue weighted by Crippen LogP contribution is 2.26. The van der Waals surface area contributed by atoms with Gasteiger partial charge in [-0.2, -0.15) is 0 Å². The van der Waals surface area contributed by atoms with Gasteiger partial charge in [0.15, 0.2) is 0 Å². The van der Waals surface area contributed by atoms with E-state index in [0.717, 1.165) is 24.2 Å². The van der Waals surface area contributed by atoms with Crippen LogP contribution in [0.2, 0.25) is 0 Å². The van der Waals surface area contributed by atoms with Crippen molar-refractivity contribution in [3.8, 4) is 5.75 Å². The molecular formula is C22H29NO2. The molecule has 2 aromatic carbocycles. The Morgan fingerprint density at radius 1 is 1.04 bits per heavy atom. The molecule has 0 saturated heterocycles. The van der Waals surface area contributed by atoms with Gasteiger partial charge in [0.25, 0.3) is 0 Å². The van der Waals surface area contributed by atoms with E-state index in [9.17, 15) is 4.79 Å². The number of methoxy groups -OCH3 is 1. The molecule has 2 atom stereocenters. The number of carbonyl (C=O) groups excluding carboxylic acids is 1. The lowest BCUT2D eigenvalue weighted by Crippen LogP contribution is -2.29. The third-order valence-corrected chi connectivity index (χ3v) is 4.87. The van der Waals surface area contributed by atoms with Crippen LogP contribution >= 0.6 is 0 Å². The quantitative estimate of drug-likeness (QED) is 0.681. The Labute approximate surface area is 151 Å². The van der Waals surface area contributed by atoms with Crippen LogP contribution in [0.25, 0.3) is 0 Å². The Balaban J connectivity index is 2.06. The highest BCUT2D eigenvalue weighted by Gasteiger charge is 2.23. The summed E-state index contributed by atoms with van der Waals surface area (Å²) in [6, 6.07) is 18.5. The number of rotatable bonds is 9. The van der Waals surface area contributed by atoms with Gasteiger partial charge in [-0.3, -0.25) is 4.79 Å². The van der Waals surface area contributed by atoms with Crippen LogP contribution in [0.3, 0.4) is 0 Å². The highest BCUT2D eigenvalue weighted by molar-refractivity contribution is 5.86. The Morgan fingerprint density at radius 2 is 1.68 bits per heavy atom. The third-order valence-electron chi connectivity index (χ3n) is 4.87. The maximum atomic E-state index is 13.0. The lowest BCUT2D eigenvalue weighted by Gasteiger charge is -2.25. The number of aryl methyl sites for hydroxylation is 1. The van der Waals surface area contributed by atoms with Gasteiger partial charge in [0, 0.05) is 18.4 Å². The Morgan fingerprint density at radius 3 is 2.24 bits per heavy atom. The van der Waals surface area contributed by atoms with Crippen molar-refractivity contribution >= 4 is 5.78 Å². The van der Waals surface area contributed by atoms with Crippen LogP contribution in [-0.2, 0) is 11.2 Å². The summed E-state index contributed by atoms with van der Waals surface area (Å²) < 4.78 is 5.19. The lowest BCUT2D eigenvalue weighted by atomic mass is 9.86. The van der Waals surface area contributed by atoms with Gasteiger partial charge >= 0.3 is 0 Å². The van der Waals surface area contributed by atoms with Gasteiger partial charge in [-0.15, -0.1) is 0 Å². The second-order valence-corrected chi connectivity index (χ2v) is 6.83. The van der Waals surface area contributed by atoms with Crippen molar-refractivity contribution in [2.75, 3.05) is 21.2 Å². The maximum absolute atomic E-state index is 13.0. The number of carbonyl (C=O) groups is 1. The summed E-state index contributed by atoms with van der Waals surface area (Å²) in [5.74, 6) is 1.12. The van der Waals surface area contributed by atoms with Gasteiger partial charge in [0.1, 0.15) is 11.5 Å². The Kier molecular flexibility index (Phi) is 7.20. The molecule has 0 saturated carbocycles. The van der Waals surface area contributed by atoms with E-state index in [0.29, 0.717) is 18.2 Å². The summed E-state index contributed by atoms with van der Waals surface area (Å²) in [6.45, 7) is 2.17. The predicted octanol–water partition coefficient (Wildman–Crippen LogP) is 4.32. The van der Waals surface area contributed by atoms with Gasteiger partial charge in [-0.25, -0.2) is 0 Å². The van der Waals surface area contributed by atoms with Crippen LogP contribution in [0.1, 0.15) is 36.8 Å². The van der Waals surface area contributed by atoms with Crippen molar-refractivity contribution in [2.45, 2.75) is 38.1 Å². The fourth-order valence-electron chi connectivity index (χ4n) is 2.92. The second kappa shape index (κ2) is 9.38. The Bertz CT molecular complexity index is 649. The molecule has 0 aliphatic carbocycles. The molecule has 2 unspecified atom stereocenters. The summed E-state index contributed by atoms with van der Waals surface area (Å²) in [6.07, 6.45) is 2.17. The standard InChI is InChI=1S/C22H29NO2/c1-17(23(2)3)16-21(19-8-6-5-7-9-19)22(24)15-12-18-10-13-20(25-4)14-11-18/h5-11,13-14,17,21H,12,15-16H2,1-4H3. The first-order valence-corrected chi connectivity index (χ1v) is 8.88. The normalized spacial score (nSPS) is 13.5. The third kappa shape index (κ3) is 5.71. The molecule has 2 rings (SSSR count). The zero-order chi connectivity index (χ0) is 18.2. The molecule has 0 N–H and O–H groups in total. The van der Waals surface area contributed by atoms with E-state index in [-0.39, 0.29) is 5.92 Å². The van der Waals surface area contributed by atoms with Crippen LogP contribution in [0.4, 0.5) is 0 Å². The molecule has 134 valence electrons. The number of ketones is 1. The number of hydrogen-bond acceptors (Lipinski definition) is 3. The summed E-state index contributed by atoms with van der Waals surface area (Å²) in [4.78, 5) is 15.1. The predicted molar refractivity (Wildman–Crippen MR) is 103 cm³/mol. The van der Waals surface area contributed by atoms with Crippen molar-refractivity contribution in [1.82, 2.24) is 4.90 Å². The fraction of sp³-hybridized carbons (Fsp3) is 0.409. The first-order valence-electron chi connectivity index (χ1n) is 8.88. The molecule has 3 nitrogen and oxygen atoms in total. The van der Waals surface area contributed by atoms with Crippen LogP contribution in [-0.4, -0.2) is 37.9 Å². The average Bonchev–Trinajstić information content (AvgIpc) is 2.65. The molecule has 0 aliphatic heterocycles. The molecule has 0 radical (unpaired) electrons. The van der Waals surface area contributed by atoms with Crippen LogP contribution in [0.5, 0.6) is 5.75 Å². The molecule has 0 spiro atoms. The molecular weight excluding hydrogens is 310 g/mol. The molecule has 2 aromatic rings. The summed E-state index contributed by atoms with van der Waals surface area (Å²) in [5.41, 5.74) is 2.29. The molecule has 0 heterocycles. The Hall–Kier alpha value is -2.13. The minimum Gasteiger partial charge on any atom is -0.497 e. The molecule has 3 heteroatoms. The van der Waals surface area contributed by atoms with Gasteiger partial charge < -0.3 is 9.64 Å². The van der Waals surface area contributed by atoms with Crippen molar-refractivity contribution in [3.63, 3.8) is 0 Å². The minimum absolute atomic E-state index is 0.0446. The number of nitrogens with zero attached hydrogens (tertiary/aromatic N) is 1. The minimum atomic E-state index is -0.0446. The average molecular weight is 339 g/mol. The highest BCUT2D eigenvalue weighted by atomic mass is 16.5. The SMILES string of the molecule is COc1ccc(CCC(=O)C(CC(C)N(C)C)c2ccccc2)cc1. The van der Waals surface area contributed by atoms with Crippen LogP contribution in [0, 0.1) is 0 Å². The first kappa shape index (κ1) is 19.2. The van der Waals surface area contributed by atoms with Crippen molar-refractivity contribution in [2.24, 2.45) is 0 Å².